The molecule has 0 amide bonds. The molecule has 1 fully saturated rings. The second kappa shape index (κ2) is 3.69. The van der Waals surface area contributed by atoms with E-state index < -0.39 is 11.4 Å². The zero-order chi connectivity index (χ0) is 10.1. The number of aliphatic carboxylic acids is 1. The Kier molecular flexibility index (Phi) is 2.99. The molecule has 0 aromatic rings. The summed E-state index contributed by atoms with van der Waals surface area (Å²) >= 11 is 0. The van der Waals surface area contributed by atoms with Crippen LogP contribution in [0.2, 0.25) is 0 Å². The van der Waals surface area contributed by atoms with Crippen LogP contribution in [0.4, 0.5) is 0 Å². The monoisotopic (exact) mass is 184 g/mol. The Bertz CT molecular complexity index is 198. The Hall–Kier alpha value is -0.530. The molecule has 76 valence electrons. The molecule has 0 aliphatic heterocycles. The van der Waals surface area contributed by atoms with E-state index in [1.165, 1.54) is 6.42 Å². The van der Waals surface area contributed by atoms with Crippen LogP contribution < -0.4 is 0 Å². The van der Waals surface area contributed by atoms with E-state index in [4.69, 9.17) is 5.11 Å². The van der Waals surface area contributed by atoms with E-state index in [0.717, 1.165) is 19.3 Å². The smallest absolute Gasteiger partial charge is 0.309 e. The van der Waals surface area contributed by atoms with E-state index in [9.17, 15) is 4.79 Å². The lowest BCUT2D eigenvalue weighted by Gasteiger charge is -2.36. The number of carbonyl (C=O) groups is 1. The predicted molar refractivity (Wildman–Crippen MR) is 52.5 cm³/mol. The highest BCUT2D eigenvalue weighted by atomic mass is 16.4. The highest BCUT2D eigenvalue weighted by molar-refractivity contribution is 5.74. The van der Waals surface area contributed by atoms with Gasteiger partial charge >= 0.3 is 5.97 Å². The molecule has 0 aromatic heterocycles. The molecule has 1 N–H and O–H groups in total. The van der Waals surface area contributed by atoms with Gasteiger partial charge in [-0.15, -0.1) is 0 Å². The molecule has 1 aliphatic carbocycles. The average Bonchev–Trinajstić information content (AvgIpc) is 2.04. The third-order valence-corrected chi connectivity index (χ3v) is 3.48. The Morgan fingerprint density at radius 3 is 2.62 bits per heavy atom. The van der Waals surface area contributed by atoms with Gasteiger partial charge in [0, 0.05) is 0 Å². The molecule has 0 spiro atoms. The van der Waals surface area contributed by atoms with Crippen LogP contribution >= 0.6 is 0 Å². The van der Waals surface area contributed by atoms with Crippen LogP contribution in [-0.2, 0) is 4.79 Å². The van der Waals surface area contributed by atoms with Crippen molar-refractivity contribution in [3.63, 3.8) is 0 Å². The number of rotatable bonds is 2. The molecular formula is C11H20O2. The minimum atomic E-state index is -0.613. The van der Waals surface area contributed by atoms with Gasteiger partial charge in [0.2, 0.25) is 0 Å². The topological polar surface area (TPSA) is 37.3 Å². The van der Waals surface area contributed by atoms with Gasteiger partial charge in [-0.25, -0.2) is 0 Å². The third kappa shape index (κ3) is 2.23. The van der Waals surface area contributed by atoms with Gasteiger partial charge in [-0.3, -0.25) is 4.79 Å². The van der Waals surface area contributed by atoms with Gasteiger partial charge in [-0.2, -0.15) is 0 Å². The molecule has 2 nitrogen and oxygen atoms in total. The highest BCUT2D eigenvalue weighted by Crippen LogP contribution is 2.41. The molecule has 1 saturated carbocycles. The fraction of sp³-hybridized carbons (Fsp3) is 0.909. The van der Waals surface area contributed by atoms with Crippen LogP contribution in [-0.4, -0.2) is 11.1 Å². The molecule has 13 heavy (non-hydrogen) atoms. The van der Waals surface area contributed by atoms with Crippen molar-refractivity contribution in [1.29, 1.82) is 0 Å². The first-order valence-corrected chi connectivity index (χ1v) is 5.19. The van der Waals surface area contributed by atoms with Gasteiger partial charge in [0.1, 0.15) is 0 Å². The maximum absolute atomic E-state index is 11.0. The van der Waals surface area contributed by atoms with Gasteiger partial charge in [-0.05, 0) is 31.6 Å². The molecule has 0 aromatic carbocycles. The fourth-order valence-electron chi connectivity index (χ4n) is 2.30. The minimum Gasteiger partial charge on any atom is -0.481 e. The average molecular weight is 184 g/mol. The summed E-state index contributed by atoms with van der Waals surface area (Å²) in [6, 6.07) is 0. The summed E-state index contributed by atoms with van der Waals surface area (Å²) in [6.45, 7) is 6.28. The van der Waals surface area contributed by atoms with Crippen molar-refractivity contribution >= 4 is 5.97 Å². The molecule has 0 saturated heterocycles. The normalized spacial score (nSPS) is 34.9. The Morgan fingerprint density at radius 2 is 2.15 bits per heavy atom. The largest absolute Gasteiger partial charge is 0.481 e. The van der Waals surface area contributed by atoms with E-state index in [-0.39, 0.29) is 0 Å². The molecule has 0 unspecified atom stereocenters. The van der Waals surface area contributed by atoms with Gasteiger partial charge in [0.15, 0.2) is 0 Å². The number of hydrogen-bond donors (Lipinski definition) is 1. The van der Waals surface area contributed by atoms with Crippen LogP contribution in [0.25, 0.3) is 0 Å². The van der Waals surface area contributed by atoms with Crippen LogP contribution in [0.15, 0.2) is 0 Å². The molecule has 2 heteroatoms. The number of hydrogen-bond acceptors (Lipinski definition) is 1. The highest BCUT2D eigenvalue weighted by Gasteiger charge is 2.39. The van der Waals surface area contributed by atoms with Crippen molar-refractivity contribution in [3.05, 3.63) is 0 Å². The number of carboxylic acids is 1. The zero-order valence-corrected chi connectivity index (χ0v) is 8.84. The Labute approximate surface area is 80.3 Å². The first kappa shape index (κ1) is 10.6. The summed E-state index contributed by atoms with van der Waals surface area (Å²) in [5, 5.41) is 9.10. The van der Waals surface area contributed by atoms with Crippen molar-refractivity contribution in [2.24, 2.45) is 17.3 Å². The first-order chi connectivity index (χ1) is 5.96. The maximum Gasteiger partial charge on any atom is 0.309 e. The predicted octanol–water partition coefficient (Wildman–Crippen LogP) is 2.92. The molecule has 1 rings (SSSR count). The first-order valence-electron chi connectivity index (χ1n) is 5.19. The number of carboxylic acid groups (broad SMARTS) is 1. The molecule has 0 radical (unpaired) electrons. The molecule has 1 aliphatic rings. The Balaban J connectivity index is 2.65. The standard InChI is InChI=1S/C11H20O2/c1-8(2)9-5-4-6-11(3,7-9)10(12)13/h8-9H,4-7H2,1-3H3,(H,12,13)/t9-,11+/m0/s1. The van der Waals surface area contributed by atoms with Crippen molar-refractivity contribution in [3.8, 4) is 0 Å². The summed E-state index contributed by atoms with van der Waals surface area (Å²) in [5.74, 6) is 0.617. The molecule has 2 atom stereocenters. The van der Waals surface area contributed by atoms with Gasteiger partial charge in [-0.1, -0.05) is 26.7 Å². The lowest BCUT2D eigenvalue weighted by molar-refractivity contribution is -0.151. The lowest BCUT2D eigenvalue weighted by Crippen LogP contribution is -2.35. The zero-order valence-electron chi connectivity index (χ0n) is 8.84. The van der Waals surface area contributed by atoms with E-state index in [1.54, 1.807) is 0 Å². The second-order valence-corrected chi connectivity index (χ2v) is 4.97. The van der Waals surface area contributed by atoms with E-state index in [0.29, 0.717) is 11.8 Å². The van der Waals surface area contributed by atoms with Crippen molar-refractivity contribution in [1.82, 2.24) is 0 Å². The van der Waals surface area contributed by atoms with Crippen LogP contribution in [0, 0.1) is 17.3 Å². The third-order valence-electron chi connectivity index (χ3n) is 3.48. The van der Waals surface area contributed by atoms with Gasteiger partial charge < -0.3 is 5.11 Å². The van der Waals surface area contributed by atoms with Gasteiger partial charge in [0.05, 0.1) is 5.41 Å². The van der Waals surface area contributed by atoms with Crippen molar-refractivity contribution in [2.45, 2.75) is 46.5 Å². The lowest BCUT2D eigenvalue weighted by atomic mass is 9.68. The summed E-state index contributed by atoms with van der Waals surface area (Å²) < 4.78 is 0. The second-order valence-electron chi connectivity index (χ2n) is 4.97. The van der Waals surface area contributed by atoms with Gasteiger partial charge in [0.25, 0.3) is 0 Å². The van der Waals surface area contributed by atoms with Crippen molar-refractivity contribution < 1.29 is 9.90 Å². The Morgan fingerprint density at radius 1 is 1.54 bits per heavy atom. The van der Waals surface area contributed by atoms with Crippen molar-refractivity contribution in [2.75, 3.05) is 0 Å². The van der Waals surface area contributed by atoms with E-state index in [2.05, 4.69) is 13.8 Å². The fourth-order valence-corrected chi connectivity index (χ4v) is 2.30. The summed E-state index contributed by atoms with van der Waals surface area (Å²) in [6.07, 6.45) is 4.00. The summed E-state index contributed by atoms with van der Waals surface area (Å²) in [7, 11) is 0. The van der Waals surface area contributed by atoms with E-state index >= 15 is 0 Å². The quantitative estimate of drug-likeness (QED) is 0.716. The summed E-state index contributed by atoms with van der Waals surface area (Å²) in [4.78, 5) is 11.0. The summed E-state index contributed by atoms with van der Waals surface area (Å²) in [5.41, 5.74) is -0.451. The maximum atomic E-state index is 11.0. The molecule has 0 bridgehead atoms. The molecule has 0 heterocycles. The molecular weight excluding hydrogens is 164 g/mol. The van der Waals surface area contributed by atoms with Crippen LogP contribution in [0.5, 0.6) is 0 Å². The van der Waals surface area contributed by atoms with Crippen LogP contribution in [0.1, 0.15) is 46.5 Å². The SMILES string of the molecule is CC(C)[C@H]1CCC[C@@](C)(C(=O)O)C1. The van der Waals surface area contributed by atoms with E-state index in [1.807, 2.05) is 6.92 Å². The van der Waals surface area contributed by atoms with Crippen LogP contribution in [0.3, 0.4) is 0 Å². The minimum absolute atomic E-state index is 0.451.